The number of aryl methyl sites for hydroxylation is 2. The van der Waals surface area contributed by atoms with Crippen LogP contribution in [0.4, 0.5) is 0 Å². The van der Waals surface area contributed by atoms with Gasteiger partial charge in [-0.15, -0.1) is 0 Å². The number of hydrogen-bond acceptors (Lipinski definition) is 4. The van der Waals surface area contributed by atoms with E-state index < -0.39 is 0 Å². The molecule has 0 spiro atoms. The van der Waals surface area contributed by atoms with Crippen molar-refractivity contribution in [2.24, 2.45) is 0 Å². The molecular formula is C12H12N4S. The van der Waals surface area contributed by atoms with Crippen LogP contribution in [0.5, 0.6) is 0 Å². The molecule has 2 aromatic heterocycles. The molecule has 0 saturated heterocycles. The van der Waals surface area contributed by atoms with Crippen molar-refractivity contribution in [2.45, 2.75) is 26.2 Å². The molecule has 1 aliphatic carbocycles. The maximum Gasteiger partial charge on any atom is 0.157 e. The van der Waals surface area contributed by atoms with Gasteiger partial charge >= 0.3 is 0 Å². The maximum absolute atomic E-state index is 5.32. The second-order valence-electron chi connectivity index (χ2n) is 4.19. The van der Waals surface area contributed by atoms with Crippen LogP contribution >= 0.6 is 12.2 Å². The first-order valence-electron chi connectivity index (χ1n) is 5.66. The summed E-state index contributed by atoms with van der Waals surface area (Å²) < 4.78 is 0.711. The number of H-pyrrole nitrogens is 1. The molecule has 0 aromatic carbocycles. The molecule has 0 aliphatic heterocycles. The molecule has 1 N–H and O–H groups in total. The van der Waals surface area contributed by atoms with E-state index in [1.807, 2.05) is 13.0 Å². The Bertz CT molecular complexity index is 633. The Labute approximate surface area is 104 Å². The van der Waals surface area contributed by atoms with Crippen molar-refractivity contribution < 1.29 is 0 Å². The molecule has 17 heavy (non-hydrogen) atoms. The number of nitrogens with zero attached hydrogens (tertiary/aromatic N) is 3. The van der Waals surface area contributed by atoms with Crippen LogP contribution in [0, 0.1) is 11.6 Å². The van der Waals surface area contributed by atoms with Gasteiger partial charge in [-0.1, -0.05) is 12.2 Å². The molecule has 0 amide bonds. The van der Waals surface area contributed by atoms with E-state index in [4.69, 9.17) is 12.2 Å². The number of aromatic amines is 1. The van der Waals surface area contributed by atoms with E-state index in [0.717, 1.165) is 36.6 Å². The lowest BCUT2D eigenvalue weighted by Gasteiger charge is -2.05. The van der Waals surface area contributed by atoms with Crippen molar-refractivity contribution in [2.75, 3.05) is 0 Å². The van der Waals surface area contributed by atoms with E-state index in [0.29, 0.717) is 4.64 Å². The normalized spacial score (nSPS) is 13.7. The molecule has 5 heteroatoms. The monoisotopic (exact) mass is 244 g/mol. The molecule has 0 saturated carbocycles. The highest BCUT2D eigenvalue weighted by atomic mass is 32.1. The number of aromatic nitrogens is 4. The third kappa shape index (κ3) is 1.86. The van der Waals surface area contributed by atoms with E-state index in [9.17, 15) is 0 Å². The van der Waals surface area contributed by atoms with Crippen LogP contribution in [-0.4, -0.2) is 19.9 Å². The summed E-state index contributed by atoms with van der Waals surface area (Å²) in [6, 6.07) is 1.85. The van der Waals surface area contributed by atoms with Crippen LogP contribution in [0.25, 0.3) is 11.5 Å². The molecule has 0 unspecified atom stereocenters. The summed E-state index contributed by atoms with van der Waals surface area (Å²) >= 11 is 5.32. The first-order chi connectivity index (χ1) is 8.24. The van der Waals surface area contributed by atoms with Gasteiger partial charge in [0.05, 0.1) is 0 Å². The lowest BCUT2D eigenvalue weighted by atomic mass is 10.2. The summed E-state index contributed by atoms with van der Waals surface area (Å²) in [5.74, 6) is 1.49. The first kappa shape index (κ1) is 10.5. The lowest BCUT2D eigenvalue weighted by molar-refractivity contribution is 0.899. The maximum atomic E-state index is 5.32. The SMILES string of the molecule is Cc1nccc(-c2nc(=S)c3c([nH]2)CCC3)n1. The average Bonchev–Trinajstić information content (AvgIpc) is 2.77. The highest BCUT2D eigenvalue weighted by Gasteiger charge is 2.15. The van der Waals surface area contributed by atoms with E-state index >= 15 is 0 Å². The summed E-state index contributed by atoms with van der Waals surface area (Å²) in [6.45, 7) is 1.87. The van der Waals surface area contributed by atoms with Crippen molar-refractivity contribution in [3.63, 3.8) is 0 Å². The van der Waals surface area contributed by atoms with Gasteiger partial charge in [0, 0.05) is 17.5 Å². The van der Waals surface area contributed by atoms with Crippen molar-refractivity contribution >= 4 is 12.2 Å². The third-order valence-electron chi connectivity index (χ3n) is 2.98. The Morgan fingerprint density at radius 3 is 3.00 bits per heavy atom. The quantitative estimate of drug-likeness (QED) is 0.783. The van der Waals surface area contributed by atoms with Crippen LogP contribution in [-0.2, 0) is 12.8 Å². The van der Waals surface area contributed by atoms with Crippen LogP contribution in [0.1, 0.15) is 23.5 Å². The second kappa shape index (κ2) is 4.00. The number of fused-ring (bicyclic) bond motifs is 1. The summed E-state index contributed by atoms with van der Waals surface area (Å²) in [5.41, 5.74) is 3.23. The number of rotatable bonds is 1. The molecule has 2 heterocycles. The van der Waals surface area contributed by atoms with E-state index in [-0.39, 0.29) is 0 Å². The van der Waals surface area contributed by atoms with Crippen LogP contribution in [0.15, 0.2) is 12.3 Å². The lowest BCUT2D eigenvalue weighted by Crippen LogP contribution is -1.99. The molecule has 2 aromatic rings. The fourth-order valence-electron chi connectivity index (χ4n) is 2.17. The predicted octanol–water partition coefficient (Wildman–Crippen LogP) is 2.39. The molecule has 0 atom stereocenters. The Balaban J connectivity index is 2.16. The minimum Gasteiger partial charge on any atom is -0.342 e. The Morgan fingerprint density at radius 2 is 2.18 bits per heavy atom. The molecule has 0 bridgehead atoms. The predicted molar refractivity (Wildman–Crippen MR) is 67.2 cm³/mol. The number of nitrogens with one attached hydrogen (secondary N) is 1. The van der Waals surface area contributed by atoms with Crippen molar-refractivity contribution in [3.05, 3.63) is 34.0 Å². The van der Waals surface area contributed by atoms with Gasteiger partial charge in [-0.2, -0.15) is 0 Å². The Kier molecular flexibility index (Phi) is 2.48. The molecule has 0 radical (unpaired) electrons. The molecule has 1 aliphatic rings. The summed E-state index contributed by atoms with van der Waals surface area (Å²) in [5, 5.41) is 0. The van der Waals surface area contributed by atoms with Gasteiger partial charge in [0.2, 0.25) is 0 Å². The largest absolute Gasteiger partial charge is 0.342 e. The van der Waals surface area contributed by atoms with Crippen LogP contribution in [0.2, 0.25) is 0 Å². The van der Waals surface area contributed by atoms with Gasteiger partial charge in [-0.3, -0.25) is 0 Å². The van der Waals surface area contributed by atoms with Crippen molar-refractivity contribution in [1.82, 2.24) is 19.9 Å². The highest BCUT2D eigenvalue weighted by molar-refractivity contribution is 7.71. The molecular weight excluding hydrogens is 232 g/mol. The summed E-state index contributed by atoms with van der Waals surface area (Å²) in [7, 11) is 0. The Morgan fingerprint density at radius 1 is 1.29 bits per heavy atom. The fourth-order valence-corrected chi connectivity index (χ4v) is 2.48. The smallest absolute Gasteiger partial charge is 0.157 e. The van der Waals surface area contributed by atoms with Crippen LogP contribution < -0.4 is 0 Å². The number of hydrogen-bond donors (Lipinski definition) is 1. The summed E-state index contributed by atoms with van der Waals surface area (Å²) in [4.78, 5) is 16.2. The van der Waals surface area contributed by atoms with Crippen molar-refractivity contribution in [1.29, 1.82) is 0 Å². The third-order valence-corrected chi connectivity index (χ3v) is 3.31. The van der Waals surface area contributed by atoms with Gasteiger partial charge in [0.15, 0.2) is 5.82 Å². The van der Waals surface area contributed by atoms with E-state index in [1.165, 1.54) is 11.3 Å². The van der Waals surface area contributed by atoms with Crippen LogP contribution in [0.3, 0.4) is 0 Å². The minimum absolute atomic E-state index is 0.711. The minimum atomic E-state index is 0.711. The fraction of sp³-hybridized carbons (Fsp3) is 0.333. The second-order valence-corrected chi connectivity index (χ2v) is 4.58. The van der Waals surface area contributed by atoms with Gasteiger partial charge in [-0.05, 0) is 32.3 Å². The van der Waals surface area contributed by atoms with E-state index in [2.05, 4.69) is 19.9 Å². The molecule has 3 rings (SSSR count). The zero-order valence-electron chi connectivity index (χ0n) is 9.53. The highest BCUT2D eigenvalue weighted by Crippen LogP contribution is 2.23. The first-order valence-corrected chi connectivity index (χ1v) is 6.07. The Hall–Kier alpha value is -1.62. The van der Waals surface area contributed by atoms with Gasteiger partial charge in [0.25, 0.3) is 0 Å². The van der Waals surface area contributed by atoms with E-state index in [1.54, 1.807) is 6.20 Å². The van der Waals surface area contributed by atoms with Gasteiger partial charge < -0.3 is 4.98 Å². The molecule has 0 fully saturated rings. The van der Waals surface area contributed by atoms with Gasteiger partial charge in [0.1, 0.15) is 16.2 Å². The summed E-state index contributed by atoms with van der Waals surface area (Å²) in [6.07, 6.45) is 4.99. The van der Waals surface area contributed by atoms with Crippen molar-refractivity contribution in [3.8, 4) is 11.5 Å². The molecule has 86 valence electrons. The molecule has 4 nitrogen and oxygen atoms in total. The average molecular weight is 244 g/mol. The zero-order chi connectivity index (χ0) is 11.8. The zero-order valence-corrected chi connectivity index (χ0v) is 10.3. The van der Waals surface area contributed by atoms with Gasteiger partial charge in [-0.25, -0.2) is 15.0 Å². The standard InChI is InChI=1S/C12H12N4S/c1-7-13-6-5-10(14-7)11-15-9-4-2-3-8(9)12(17)16-11/h5-6H,2-4H2,1H3,(H,15,16,17). The topological polar surface area (TPSA) is 54.5 Å².